The molecular formula is C26H26FN5O2. The number of amidine groups is 1. The van der Waals surface area contributed by atoms with Crippen molar-refractivity contribution in [2.24, 2.45) is 10.6 Å². The number of hydrogen-bond acceptors (Lipinski definition) is 6. The monoisotopic (exact) mass is 459 g/mol. The highest BCUT2D eigenvalue weighted by atomic mass is 19.1. The van der Waals surface area contributed by atoms with E-state index in [1.54, 1.807) is 19.6 Å². The number of nitrogens with zero attached hydrogens (tertiary/aromatic N) is 5. The fourth-order valence-electron chi connectivity index (χ4n) is 5.02. The molecule has 1 aromatic carbocycles. The Kier molecular flexibility index (Phi) is 4.56. The molecule has 1 unspecified atom stereocenters. The van der Waals surface area contributed by atoms with E-state index < -0.39 is 5.72 Å². The van der Waals surface area contributed by atoms with Gasteiger partial charge in [-0.05, 0) is 67.0 Å². The molecule has 1 spiro atoms. The minimum Gasteiger partial charge on any atom is -0.495 e. The first-order valence-corrected chi connectivity index (χ1v) is 11.4. The van der Waals surface area contributed by atoms with Crippen molar-refractivity contribution in [3.8, 4) is 11.4 Å². The smallest absolute Gasteiger partial charge is 0.236 e. The van der Waals surface area contributed by atoms with E-state index in [0.717, 1.165) is 59.9 Å². The molecule has 0 bridgehead atoms. The lowest BCUT2D eigenvalue weighted by Gasteiger charge is -2.41. The summed E-state index contributed by atoms with van der Waals surface area (Å²) < 4.78 is 21.6. The first-order chi connectivity index (χ1) is 16.4. The molecule has 1 aliphatic carbocycles. The zero-order valence-electron chi connectivity index (χ0n) is 19.5. The summed E-state index contributed by atoms with van der Waals surface area (Å²) in [4.78, 5) is 16.5. The second kappa shape index (κ2) is 7.41. The minimum absolute atomic E-state index is 0.207. The molecule has 3 aromatic rings. The molecule has 6 rings (SSSR count). The maximum absolute atomic E-state index is 14.0. The zero-order chi connectivity index (χ0) is 23.5. The van der Waals surface area contributed by atoms with Crippen LogP contribution in [0, 0.1) is 18.2 Å². The Balaban J connectivity index is 1.37. The number of ether oxygens (including phenoxy) is 1. The molecule has 2 aliphatic heterocycles. The Morgan fingerprint density at radius 2 is 2.06 bits per heavy atom. The van der Waals surface area contributed by atoms with Crippen LogP contribution in [0.25, 0.3) is 11.8 Å². The van der Waals surface area contributed by atoms with Gasteiger partial charge in [-0.1, -0.05) is 11.2 Å². The number of halogens is 1. The van der Waals surface area contributed by atoms with Gasteiger partial charge in [0, 0.05) is 31.4 Å². The molecule has 7 nitrogen and oxygen atoms in total. The van der Waals surface area contributed by atoms with Gasteiger partial charge in [-0.2, -0.15) is 0 Å². The summed E-state index contributed by atoms with van der Waals surface area (Å²) >= 11 is 0. The van der Waals surface area contributed by atoms with E-state index in [2.05, 4.69) is 32.2 Å². The summed E-state index contributed by atoms with van der Waals surface area (Å²) in [7, 11) is 1.68. The standard InChI is InChI=1S/C26H26FN5O2/c1-17-14-31(16-29-17)22-5-4-18(9-23(22)33-3)8-19-11-26(6-7-26)15-32-24(19)30-34-25(32,2)20-10-21(27)13-28-12-20/h4-5,8-10,12-14,16H,6-7,11,15H2,1-3H3/b19-8+. The average molecular weight is 460 g/mol. The highest BCUT2D eigenvalue weighted by Gasteiger charge is 2.56. The van der Waals surface area contributed by atoms with Gasteiger partial charge < -0.3 is 19.0 Å². The third kappa shape index (κ3) is 3.36. The zero-order valence-corrected chi connectivity index (χ0v) is 19.5. The van der Waals surface area contributed by atoms with E-state index in [1.807, 2.05) is 36.7 Å². The van der Waals surface area contributed by atoms with Crippen LogP contribution < -0.4 is 4.74 Å². The lowest BCUT2D eigenvalue weighted by Crippen LogP contribution is -2.50. The van der Waals surface area contributed by atoms with Gasteiger partial charge in [0.05, 0.1) is 31.0 Å². The number of hydrogen-bond donors (Lipinski definition) is 0. The van der Waals surface area contributed by atoms with Crippen LogP contribution in [0.15, 0.2) is 59.9 Å². The molecule has 1 saturated carbocycles. The molecule has 174 valence electrons. The molecule has 1 saturated heterocycles. The molecule has 3 aliphatic rings. The summed E-state index contributed by atoms with van der Waals surface area (Å²) in [5.74, 6) is 1.18. The average Bonchev–Trinajstić information content (AvgIpc) is 3.27. The quantitative estimate of drug-likeness (QED) is 0.560. The Hall–Kier alpha value is -3.68. The van der Waals surface area contributed by atoms with Crippen molar-refractivity contribution in [2.75, 3.05) is 13.7 Å². The van der Waals surface area contributed by atoms with Crippen LogP contribution in [0.2, 0.25) is 0 Å². The van der Waals surface area contributed by atoms with Gasteiger partial charge in [0.15, 0.2) is 5.84 Å². The third-order valence-electron chi connectivity index (χ3n) is 7.16. The molecule has 0 radical (unpaired) electrons. The van der Waals surface area contributed by atoms with Crippen molar-refractivity contribution in [1.29, 1.82) is 0 Å². The second-order valence-corrected chi connectivity index (χ2v) is 9.67. The van der Waals surface area contributed by atoms with Crippen LogP contribution in [-0.2, 0) is 10.6 Å². The van der Waals surface area contributed by atoms with Gasteiger partial charge >= 0.3 is 0 Å². The van der Waals surface area contributed by atoms with Crippen molar-refractivity contribution in [1.82, 2.24) is 19.4 Å². The number of imidazole rings is 1. The fraction of sp³-hybridized carbons (Fsp3) is 0.346. The van der Waals surface area contributed by atoms with Crippen LogP contribution >= 0.6 is 0 Å². The van der Waals surface area contributed by atoms with Crippen LogP contribution in [0.1, 0.15) is 43.0 Å². The number of rotatable bonds is 4. The molecule has 2 fully saturated rings. The first-order valence-electron chi connectivity index (χ1n) is 11.4. The van der Waals surface area contributed by atoms with Gasteiger partial charge in [-0.25, -0.2) is 9.37 Å². The fourth-order valence-corrected chi connectivity index (χ4v) is 5.02. The van der Waals surface area contributed by atoms with Gasteiger partial charge in [-0.3, -0.25) is 4.98 Å². The number of methoxy groups -OCH3 is 1. The maximum atomic E-state index is 14.0. The van der Waals surface area contributed by atoms with Crippen molar-refractivity contribution in [3.05, 3.63) is 77.4 Å². The Labute approximate surface area is 197 Å². The molecular weight excluding hydrogens is 433 g/mol. The molecule has 1 atom stereocenters. The number of aryl methyl sites for hydroxylation is 1. The maximum Gasteiger partial charge on any atom is 0.236 e. The molecule has 2 aromatic heterocycles. The summed E-state index contributed by atoms with van der Waals surface area (Å²) in [6, 6.07) is 7.62. The summed E-state index contributed by atoms with van der Waals surface area (Å²) in [6.07, 6.45) is 12.0. The molecule has 0 N–H and O–H groups in total. The minimum atomic E-state index is -0.889. The van der Waals surface area contributed by atoms with Crippen LogP contribution in [0.3, 0.4) is 0 Å². The van der Waals surface area contributed by atoms with Crippen molar-refractivity contribution >= 4 is 11.9 Å². The Morgan fingerprint density at radius 1 is 1.21 bits per heavy atom. The van der Waals surface area contributed by atoms with Gasteiger partial charge in [0.1, 0.15) is 11.6 Å². The second-order valence-electron chi connectivity index (χ2n) is 9.67. The summed E-state index contributed by atoms with van der Waals surface area (Å²) in [5.41, 5.74) is 3.99. The van der Waals surface area contributed by atoms with Crippen molar-refractivity contribution < 1.29 is 14.0 Å². The van der Waals surface area contributed by atoms with E-state index in [9.17, 15) is 4.39 Å². The number of fused-ring (bicyclic) bond motifs is 1. The van der Waals surface area contributed by atoms with Gasteiger partial charge in [0.2, 0.25) is 5.72 Å². The normalized spacial score (nSPS) is 23.6. The third-order valence-corrected chi connectivity index (χ3v) is 7.16. The number of aromatic nitrogens is 3. The molecule has 4 heterocycles. The first kappa shape index (κ1) is 20.9. The lowest BCUT2D eigenvalue weighted by molar-refractivity contribution is -0.0972. The highest BCUT2D eigenvalue weighted by Crippen LogP contribution is 2.57. The Bertz CT molecular complexity index is 1340. The topological polar surface area (TPSA) is 64.8 Å². The number of pyridine rings is 1. The van der Waals surface area contributed by atoms with Crippen LogP contribution in [0.5, 0.6) is 5.75 Å². The largest absolute Gasteiger partial charge is 0.495 e. The van der Waals surface area contributed by atoms with E-state index >= 15 is 0 Å². The van der Waals surface area contributed by atoms with E-state index in [4.69, 9.17) is 9.57 Å². The van der Waals surface area contributed by atoms with Gasteiger partial charge in [-0.15, -0.1) is 0 Å². The predicted octanol–water partition coefficient (Wildman–Crippen LogP) is 4.81. The van der Waals surface area contributed by atoms with E-state index in [1.165, 1.54) is 12.3 Å². The van der Waals surface area contributed by atoms with Gasteiger partial charge in [0.25, 0.3) is 0 Å². The van der Waals surface area contributed by atoms with Crippen molar-refractivity contribution in [2.45, 2.75) is 38.8 Å². The van der Waals surface area contributed by atoms with E-state index in [-0.39, 0.29) is 11.2 Å². The van der Waals surface area contributed by atoms with Crippen LogP contribution in [-0.4, -0.2) is 38.9 Å². The summed E-state index contributed by atoms with van der Waals surface area (Å²) in [6.45, 7) is 4.73. The van der Waals surface area contributed by atoms with E-state index in [0.29, 0.717) is 5.56 Å². The predicted molar refractivity (Wildman–Crippen MR) is 126 cm³/mol. The lowest BCUT2D eigenvalue weighted by atomic mass is 9.87. The molecule has 34 heavy (non-hydrogen) atoms. The van der Waals surface area contributed by atoms with Crippen LogP contribution in [0.4, 0.5) is 4.39 Å². The number of piperidine rings is 1. The molecule has 0 amide bonds. The van der Waals surface area contributed by atoms with Crippen molar-refractivity contribution in [3.63, 3.8) is 0 Å². The number of oxime groups is 1. The highest BCUT2D eigenvalue weighted by molar-refractivity contribution is 6.04. The molecule has 8 heteroatoms. The summed E-state index contributed by atoms with van der Waals surface area (Å²) in [5, 5.41) is 4.48. The number of benzene rings is 1. The SMILES string of the molecule is COc1cc(/C=C2\CC3(CC3)CN3C2=NOC3(C)c2cncc(F)c2)ccc1-n1cnc(C)c1. The Morgan fingerprint density at radius 3 is 2.76 bits per heavy atom.